The molecule has 0 bridgehead atoms. The Bertz CT molecular complexity index is 363. The van der Waals surface area contributed by atoms with Crippen LogP contribution >= 0.6 is 11.6 Å². The smallest absolute Gasteiger partial charge is 0.146 e. The highest BCUT2D eigenvalue weighted by atomic mass is 35.5. The summed E-state index contributed by atoms with van der Waals surface area (Å²) in [7, 11) is 0. The van der Waals surface area contributed by atoms with Crippen LogP contribution in [0.25, 0.3) is 0 Å². The average Bonchev–Trinajstić information content (AvgIpc) is 3.07. The van der Waals surface area contributed by atoms with E-state index in [1.807, 2.05) is 0 Å². The lowest BCUT2D eigenvalue weighted by molar-refractivity contribution is 0.457. The predicted octanol–water partition coefficient (Wildman–Crippen LogP) is 3.61. The first-order valence-electron chi connectivity index (χ1n) is 5.82. The molecule has 1 saturated carbocycles. The van der Waals surface area contributed by atoms with Gasteiger partial charge >= 0.3 is 0 Å². The van der Waals surface area contributed by atoms with E-state index in [0.29, 0.717) is 18.0 Å². The molecule has 1 aliphatic rings. The van der Waals surface area contributed by atoms with Gasteiger partial charge in [-0.05, 0) is 37.3 Å². The van der Waals surface area contributed by atoms with Crippen LogP contribution in [-0.2, 0) is 6.54 Å². The molecule has 0 saturated heterocycles. The molecule has 3 heteroatoms. The molecule has 1 fully saturated rings. The van der Waals surface area contributed by atoms with Crippen LogP contribution in [0.1, 0.15) is 25.3 Å². The van der Waals surface area contributed by atoms with E-state index in [2.05, 4.69) is 12.2 Å². The molecule has 1 atom stereocenters. The monoisotopic (exact) mass is 241 g/mol. The van der Waals surface area contributed by atoms with Gasteiger partial charge in [-0.25, -0.2) is 4.39 Å². The van der Waals surface area contributed by atoms with Crippen LogP contribution in [0, 0.1) is 17.7 Å². The topological polar surface area (TPSA) is 12.0 Å². The van der Waals surface area contributed by atoms with Crippen molar-refractivity contribution < 1.29 is 4.39 Å². The van der Waals surface area contributed by atoms with E-state index >= 15 is 0 Å². The molecule has 0 amide bonds. The Hall–Kier alpha value is -0.600. The van der Waals surface area contributed by atoms with Crippen LogP contribution in [0.15, 0.2) is 18.2 Å². The molecule has 1 N–H and O–H groups in total. The van der Waals surface area contributed by atoms with Crippen molar-refractivity contribution in [3.05, 3.63) is 34.6 Å². The van der Waals surface area contributed by atoms with Crippen molar-refractivity contribution in [2.24, 2.45) is 11.8 Å². The van der Waals surface area contributed by atoms with E-state index in [0.717, 1.165) is 12.5 Å². The molecular weight excluding hydrogens is 225 g/mol. The number of hydrogen-bond acceptors (Lipinski definition) is 1. The van der Waals surface area contributed by atoms with Gasteiger partial charge in [0.25, 0.3) is 0 Å². The fourth-order valence-corrected chi connectivity index (χ4v) is 2.15. The first kappa shape index (κ1) is 11.9. The van der Waals surface area contributed by atoms with Gasteiger partial charge < -0.3 is 5.32 Å². The molecule has 0 spiro atoms. The lowest BCUT2D eigenvalue weighted by atomic mass is 10.1. The van der Waals surface area contributed by atoms with Crippen molar-refractivity contribution in [3.8, 4) is 0 Å². The molecule has 2 rings (SSSR count). The van der Waals surface area contributed by atoms with Gasteiger partial charge in [0.1, 0.15) is 5.82 Å². The second-order valence-electron chi connectivity index (χ2n) is 4.66. The Morgan fingerprint density at radius 1 is 1.50 bits per heavy atom. The Morgan fingerprint density at radius 3 is 2.94 bits per heavy atom. The molecular formula is C13H17ClFN. The summed E-state index contributed by atoms with van der Waals surface area (Å²) in [4.78, 5) is 0. The SMILES string of the molecule is CC(CNCc1cccc(Cl)c1F)C1CC1. The average molecular weight is 242 g/mol. The molecule has 16 heavy (non-hydrogen) atoms. The predicted molar refractivity (Wildman–Crippen MR) is 65.0 cm³/mol. The summed E-state index contributed by atoms with van der Waals surface area (Å²) in [6, 6.07) is 5.13. The van der Waals surface area contributed by atoms with Gasteiger partial charge in [-0.15, -0.1) is 0 Å². The van der Waals surface area contributed by atoms with Gasteiger partial charge in [0.2, 0.25) is 0 Å². The lowest BCUT2D eigenvalue weighted by Gasteiger charge is -2.11. The number of hydrogen-bond donors (Lipinski definition) is 1. The minimum Gasteiger partial charge on any atom is -0.312 e. The highest BCUT2D eigenvalue weighted by Gasteiger charge is 2.27. The molecule has 1 aromatic carbocycles. The third-order valence-corrected chi connectivity index (χ3v) is 3.53. The van der Waals surface area contributed by atoms with Gasteiger partial charge in [-0.2, -0.15) is 0 Å². The Balaban J connectivity index is 1.82. The summed E-state index contributed by atoms with van der Waals surface area (Å²) in [5.41, 5.74) is 0.649. The Morgan fingerprint density at radius 2 is 2.25 bits per heavy atom. The van der Waals surface area contributed by atoms with E-state index < -0.39 is 0 Å². The second-order valence-corrected chi connectivity index (χ2v) is 5.07. The minimum absolute atomic E-state index is 0.203. The molecule has 1 aliphatic carbocycles. The fraction of sp³-hybridized carbons (Fsp3) is 0.538. The molecule has 88 valence electrons. The Kier molecular flexibility index (Phi) is 3.82. The van der Waals surface area contributed by atoms with E-state index in [9.17, 15) is 4.39 Å². The van der Waals surface area contributed by atoms with E-state index in [-0.39, 0.29) is 10.8 Å². The number of halogens is 2. The molecule has 0 aromatic heterocycles. The zero-order chi connectivity index (χ0) is 11.5. The molecule has 1 nitrogen and oxygen atoms in total. The van der Waals surface area contributed by atoms with Crippen LogP contribution in [-0.4, -0.2) is 6.54 Å². The largest absolute Gasteiger partial charge is 0.312 e. The maximum Gasteiger partial charge on any atom is 0.146 e. The van der Waals surface area contributed by atoms with Gasteiger partial charge in [0, 0.05) is 12.1 Å². The minimum atomic E-state index is -0.296. The van der Waals surface area contributed by atoms with Gasteiger partial charge in [-0.3, -0.25) is 0 Å². The highest BCUT2D eigenvalue weighted by Crippen LogP contribution is 2.36. The van der Waals surface area contributed by atoms with Crippen molar-refractivity contribution in [2.45, 2.75) is 26.3 Å². The fourth-order valence-electron chi connectivity index (χ4n) is 1.95. The summed E-state index contributed by atoms with van der Waals surface area (Å²) < 4.78 is 13.5. The zero-order valence-electron chi connectivity index (χ0n) is 9.47. The zero-order valence-corrected chi connectivity index (χ0v) is 10.2. The van der Waals surface area contributed by atoms with Crippen LogP contribution in [0.4, 0.5) is 4.39 Å². The summed E-state index contributed by atoms with van der Waals surface area (Å²) in [6.07, 6.45) is 2.71. The number of nitrogens with one attached hydrogen (secondary N) is 1. The third kappa shape index (κ3) is 2.96. The summed E-state index contributed by atoms with van der Waals surface area (Å²) in [6.45, 7) is 3.76. The van der Waals surface area contributed by atoms with Crippen LogP contribution < -0.4 is 5.32 Å². The van der Waals surface area contributed by atoms with E-state index in [1.54, 1.807) is 18.2 Å². The van der Waals surface area contributed by atoms with E-state index in [4.69, 9.17) is 11.6 Å². The van der Waals surface area contributed by atoms with Gasteiger partial charge in [0.15, 0.2) is 0 Å². The van der Waals surface area contributed by atoms with Gasteiger partial charge in [0.05, 0.1) is 5.02 Å². The maximum absolute atomic E-state index is 13.5. The molecule has 0 aliphatic heterocycles. The lowest BCUT2D eigenvalue weighted by Crippen LogP contribution is -2.22. The van der Waals surface area contributed by atoms with Crippen molar-refractivity contribution in [1.29, 1.82) is 0 Å². The van der Waals surface area contributed by atoms with Crippen molar-refractivity contribution in [1.82, 2.24) is 5.32 Å². The second kappa shape index (κ2) is 5.15. The van der Waals surface area contributed by atoms with Gasteiger partial charge in [-0.1, -0.05) is 30.7 Å². The van der Waals surface area contributed by atoms with Crippen molar-refractivity contribution in [3.63, 3.8) is 0 Å². The van der Waals surface area contributed by atoms with E-state index in [1.165, 1.54) is 12.8 Å². The summed E-state index contributed by atoms with van der Waals surface area (Å²) >= 11 is 5.71. The van der Waals surface area contributed by atoms with Crippen LogP contribution in [0.2, 0.25) is 5.02 Å². The van der Waals surface area contributed by atoms with Crippen LogP contribution in [0.3, 0.4) is 0 Å². The quantitative estimate of drug-likeness (QED) is 0.831. The highest BCUT2D eigenvalue weighted by molar-refractivity contribution is 6.30. The normalized spacial score (nSPS) is 17.4. The molecule has 1 unspecified atom stereocenters. The number of rotatable bonds is 5. The van der Waals surface area contributed by atoms with Crippen LogP contribution in [0.5, 0.6) is 0 Å². The summed E-state index contributed by atoms with van der Waals surface area (Å²) in [5.74, 6) is 1.29. The molecule has 0 heterocycles. The number of benzene rings is 1. The first-order chi connectivity index (χ1) is 7.68. The van der Waals surface area contributed by atoms with Crippen molar-refractivity contribution >= 4 is 11.6 Å². The maximum atomic E-state index is 13.5. The third-order valence-electron chi connectivity index (χ3n) is 3.24. The summed E-state index contributed by atoms with van der Waals surface area (Å²) in [5, 5.41) is 3.50. The van der Waals surface area contributed by atoms with Crippen molar-refractivity contribution in [2.75, 3.05) is 6.54 Å². The first-order valence-corrected chi connectivity index (χ1v) is 6.20. The Labute approximate surface area is 101 Å². The standard InChI is InChI=1S/C13H17ClFN/c1-9(10-5-6-10)7-16-8-11-3-2-4-12(14)13(11)15/h2-4,9-10,16H,5-8H2,1H3. The molecule has 1 aromatic rings. The molecule has 0 radical (unpaired) electrons.